The molecule has 1 aromatic rings. The Morgan fingerprint density at radius 3 is 2.63 bits per heavy atom. The number of nitrogens with one attached hydrogen (secondary N) is 2. The van der Waals surface area contributed by atoms with E-state index in [-0.39, 0.29) is 6.04 Å². The van der Waals surface area contributed by atoms with Gasteiger partial charge in [-0.05, 0) is 43.8 Å². The predicted octanol–water partition coefficient (Wildman–Crippen LogP) is 4.18. The van der Waals surface area contributed by atoms with E-state index < -0.39 is 11.7 Å². The lowest BCUT2D eigenvalue weighted by molar-refractivity contribution is -0.137. The zero-order chi connectivity index (χ0) is 14.5. The number of thiocarbonyl (C=S) groups is 1. The van der Waals surface area contributed by atoms with Crippen LogP contribution in [0.1, 0.15) is 32.3 Å². The molecule has 0 fully saturated rings. The molecule has 6 heteroatoms. The maximum absolute atomic E-state index is 12.5. The summed E-state index contributed by atoms with van der Waals surface area (Å²) in [5, 5.41) is 6.12. The molecule has 0 spiro atoms. The van der Waals surface area contributed by atoms with E-state index >= 15 is 0 Å². The third kappa shape index (κ3) is 5.46. The fraction of sp³-hybridized carbons (Fsp3) is 0.462. The monoisotopic (exact) mass is 290 g/mol. The molecule has 1 atom stereocenters. The van der Waals surface area contributed by atoms with Gasteiger partial charge >= 0.3 is 6.18 Å². The standard InChI is InChI=1S/C13H17F3N2S/c1-3-5-9(2)17-12(19)18-11-7-4-6-10(8-11)13(14,15)16/h4,6-9H,3,5H2,1-2H3,(H2,17,18,19). The molecule has 106 valence electrons. The van der Waals surface area contributed by atoms with Gasteiger partial charge in [-0.2, -0.15) is 13.2 Å². The fourth-order valence-electron chi connectivity index (χ4n) is 1.67. The molecule has 2 nitrogen and oxygen atoms in total. The second kappa shape index (κ2) is 6.75. The van der Waals surface area contributed by atoms with Crippen LogP contribution in [0, 0.1) is 0 Å². The van der Waals surface area contributed by atoms with Crippen molar-refractivity contribution in [1.29, 1.82) is 0 Å². The van der Waals surface area contributed by atoms with Crippen LogP contribution in [0.25, 0.3) is 0 Å². The molecule has 0 saturated carbocycles. The van der Waals surface area contributed by atoms with Crippen molar-refractivity contribution in [3.05, 3.63) is 29.8 Å². The highest BCUT2D eigenvalue weighted by Gasteiger charge is 2.30. The Morgan fingerprint density at radius 1 is 1.37 bits per heavy atom. The Bertz CT molecular complexity index is 432. The number of rotatable bonds is 4. The van der Waals surface area contributed by atoms with Crippen LogP contribution in [-0.4, -0.2) is 11.2 Å². The number of anilines is 1. The van der Waals surface area contributed by atoms with E-state index in [0.29, 0.717) is 10.8 Å². The lowest BCUT2D eigenvalue weighted by atomic mass is 10.2. The molecule has 0 saturated heterocycles. The van der Waals surface area contributed by atoms with Crippen molar-refractivity contribution in [1.82, 2.24) is 5.32 Å². The third-order valence-corrected chi connectivity index (χ3v) is 2.77. The first-order valence-electron chi connectivity index (χ1n) is 6.07. The van der Waals surface area contributed by atoms with E-state index in [9.17, 15) is 13.2 Å². The normalized spacial score (nSPS) is 12.9. The first-order chi connectivity index (χ1) is 8.82. The summed E-state index contributed by atoms with van der Waals surface area (Å²) in [6.45, 7) is 4.03. The molecule has 0 radical (unpaired) electrons. The van der Waals surface area contributed by atoms with Crippen LogP contribution in [-0.2, 0) is 6.18 Å². The number of alkyl halides is 3. The average Bonchev–Trinajstić information content (AvgIpc) is 2.28. The molecule has 0 aromatic heterocycles. The van der Waals surface area contributed by atoms with Gasteiger partial charge in [0.25, 0.3) is 0 Å². The van der Waals surface area contributed by atoms with Crippen molar-refractivity contribution in [3.63, 3.8) is 0 Å². The van der Waals surface area contributed by atoms with Crippen molar-refractivity contribution >= 4 is 23.0 Å². The SMILES string of the molecule is CCCC(C)NC(=S)Nc1cccc(C(F)(F)F)c1. The molecule has 1 unspecified atom stereocenters. The Balaban J connectivity index is 2.65. The van der Waals surface area contributed by atoms with Gasteiger partial charge in [-0.3, -0.25) is 0 Å². The van der Waals surface area contributed by atoms with Crippen LogP contribution in [0.2, 0.25) is 0 Å². The predicted molar refractivity (Wildman–Crippen MR) is 75.2 cm³/mol. The van der Waals surface area contributed by atoms with Crippen molar-refractivity contribution < 1.29 is 13.2 Å². The van der Waals surface area contributed by atoms with Crippen molar-refractivity contribution in [3.8, 4) is 0 Å². The number of hydrogen-bond donors (Lipinski definition) is 2. The summed E-state index contributed by atoms with van der Waals surface area (Å²) >= 11 is 5.06. The van der Waals surface area contributed by atoms with Crippen LogP contribution in [0.15, 0.2) is 24.3 Å². The summed E-state index contributed by atoms with van der Waals surface area (Å²) in [6.07, 6.45) is -2.38. The summed E-state index contributed by atoms with van der Waals surface area (Å²) in [5.74, 6) is 0. The van der Waals surface area contributed by atoms with Crippen LogP contribution in [0.5, 0.6) is 0 Å². The minimum atomic E-state index is -4.35. The molecule has 1 aromatic carbocycles. The summed E-state index contributed by atoms with van der Waals surface area (Å²) in [7, 11) is 0. The summed E-state index contributed by atoms with van der Waals surface area (Å²) < 4.78 is 37.6. The molecule has 0 amide bonds. The maximum atomic E-state index is 12.5. The van der Waals surface area contributed by atoms with E-state index in [1.807, 2.05) is 6.92 Å². The molecule has 1 rings (SSSR count). The number of hydrogen-bond acceptors (Lipinski definition) is 1. The van der Waals surface area contributed by atoms with Crippen molar-refractivity contribution in [2.24, 2.45) is 0 Å². The van der Waals surface area contributed by atoms with Gasteiger partial charge in [0, 0.05) is 11.7 Å². The molecule has 0 aliphatic rings. The summed E-state index contributed by atoms with van der Waals surface area (Å²) in [6, 6.07) is 5.16. The lowest BCUT2D eigenvalue weighted by Crippen LogP contribution is -2.35. The van der Waals surface area contributed by atoms with E-state index in [1.165, 1.54) is 6.07 Å². The lowest BCUT2D eigenvalue weighted by Gasteiger charge is -2.17. The minimum absolute atomic E-state index is 0.191. The summed E-state index contributed by atoms with van der Waals surface area (Å²) in [4.78, 5) is 0. The van der Waals surface area contributed by atoms with Crippen LogP contribution < -0.4 is 10.6 Å². The first kappa shape index (κ1) is 15.8. The number of benzene rings is 1. The summed E-state index contributed by atoms with van der Waals surface area (Å²) in [5.41, 5.74) is -0.363. The molecule has 2 N–H and O–H groups in total. The highest BCUT2D eigenvalue weighted by atomic mass is 32.1. The Morgan fingerprint density at radius 2 is 2.05 bits per heavy atom. The van der Waals surface area contributed by atoms with Gasteiger partial charge in [0.2, 0.25) is 0 Å². The molecule has 19 heavy (non-hydrogen) atoms. The van der Waals surface area contributed by atoms with E-state index in [4.69, 9.17) is 12.2 Å². The number of halogens is 3. The molecule has 0 aliphatic carbocycles. The van der Waals surface area contributed by atoms with Crippen molar-refractivity contribution in [2.75, 3.05) is 5.32 Å². The van der Waals surface area contributed by atoms with Crippen molar-refractivity contribution in [2.45, 2.75) is 38.9 Å². The van der Waals surface area contributed by atoms with Gasteiger partial charge in [0.05, 0.1) is 5.56 Å². The average molecular weight is 290 g/mol. The first-order valence-corrected chi connectivity index (χ1v) is 6.48. The second-order valence-electron chi connectivity index (χ2n) is 4.37. The largest absolute Gasteiger partial charge is 0.416 e. The van der Waals surface area contributed by atoms with Gasteiger partial charge in [-0.15, -0.1) is 0 Å². The topological polar surface area (TPSA) is 24.1 Å². The maximum Gasteiger partial charge on any atom is 0.416 e. The minimum Gasteiger partial charge on any atom is -0.360 e. The fourth-order valence-corrected chi connectivity index (χ4v) is 1.99. The third-order valence-electron chi connectivity index (χ3n) is 2.55. The van der Waals surface area contributed by atoms with Gasteiger partial charge in [0.1, 0.15) is 0 Å². The van der Waals surface area contributed by atoms with E-state index in [0.717, 1.165) is 25.0 Å². The van der Waals surface area contributed by atoms with Crippen LogP contribution in [0.4, 0.5) is 18.9 Å². The van der Waals surface area contributed by atoms with E-state index in [1.54, 1.807) is 6.07 Å². The Labute approximate surface area is 116 Å². The quantitative estimate of drug-likeness (QED) is 0.813. The Kier molecular flexibility index (Phi) is 5.60. The molecule has 0 aliphatic heterocycles. The van der Waals surface area contributed by atoms with Gasteiger partial charge in [-0.1, -0.05) is 19.4 Å². The molecule has 0 heterocycles. The zero-order valence-corrected chi connectivity index (χ0v) is 11.7. The Hall–Kier alpha value is -1.30. The molecular formula is C13H17F3N2S. The van der Waals surface area contributed by atoms with Crippen LogP contribution >= 0.6 is 12.2 Å². The van der Waals surface area contributed by atoms with E-state index in [2.05, 4.69) is 17.6 Å². The molecule has 0 bridgehead atoms. The smallest absolute Gasteiger partial charge is 0.360 e. The van der Waals surface area contributed by atoms with Crippen LogP contribution in [0.3, 0.4) is 0 Å². The second-order valence-corrected chi connectivity index (χ2v) is 4.77. The van der Waals surface area contributed by atoms with Gasteiger partial charge in [-0.25, -0.2) is 0 Å². The van der Waals surface area contributed by atoms with Gasteiger partial charge < -0.3 is 10.6 Å². The zero-order valence-electron chi connectivity index (χ0n) is 10.8. The highest BCUT2D eigenvalue weighted by molar-refractivity contribution is 7.80. The highest BCUT2D eigenvalue weighted by Crippen LogP contribution is 2.30. The molecular weight excluding hydrogens is 273 g/mol. The van der Waals surface area contributed by atoms with Gasteiger partial charge in [0.15, 0.2) is 5.11 Å².